The molecule has 8 heteroatoms. The number of anilines is 3. The Morgan fingerprint density at radius 2 is 2.13 bits per heavy atom. The Morgan fingerprint density at radius 3 is 2.96 bits per heavy atom. The van der Waals surface area contributed by atoms with Crippen LogP contribution in [-0.2, 0) is 4.74 Å². The number of aromatic nitrogens is 3. The highest BCUT2D eigenvalue weighted by Gasteiger charge is 2.09. The van der Waals surface area contributed by atoms with Crippen LogP contribution < -0.4 is 10.6 Å². The summed E-state index contributed by atoms with van der Waals surface area (Å²) < 4.78 is 18.5. The number of morpholine rings is 1. The summed E-state index contributed by atoms with van der Waals surface area (Å²) in [7, 11) is 0. The number of nitrogens with zero attached hydrogens (tertiary/aromatic N) is 4. The van der Waals surface area contributed by atoms with Gasteiger partial charge in [-0.15, -0.1) is 5.10 Å². The first kappa shape index (κ1) is 15.6. The van der Waals surface area contributed by atoms with Crippen LogP contribution in [0.25, 0.3) is 0 Å². The van der Waals surface area contributed by atoms with E-state index in [4.69, 9.17) is 4.74 Å². The van der Waals surface area contributed by atoms with Gasteiger partial charge in [0.1, 0.15) is 5.82 Å². The molecule has 122 valence electrons. The molecule has 0 saturated carbocycles. The van der Waals surface area contributed by atoms with E-state index in [0.29, 0.717) is 17.5 Å². The topological polar surface area (TPSA) is 75.2 Å². The van der Waals surface area contributed by atoms with E-state index in [1.54, 1.807) is 18.3 Å². The van der Waals surface area contributed by atoms with Crippen molar-refractivity contribution in [3.63, 3.8) is 0 Å². The van der Waals surface area contributed by atoms with E-state index >= 15 is 0 Å². The molecular formula is C15H19FN6O. The van der Waals surface area contributed by atoms with Crippen LogP contribution in [0.15, 0.2) is 30.5 Å². The first-order chi connectivity index (χ1) is 11.3. The lowest BCUT2D eigenvalue weighted by Gasteiger charge is -2.26. The number of ether oxygens (including phenoxy) is 1. The highest BCUT2D eigenvalue weighted by molar-refractivity contribution is 5.53. The van der Waals surface area contributed by atoms with E-state index in [-0.39, 0.29) is 5.82 Å². The highest BCUT2D eigenvalue weighted by Crippen LogP contribution is 2.14. The summed E-state index contributed by atoms with van der Waals surface area (Å²) in [5.74, 6) is 0.641. The van der Waals surface area contributed by atoms with Gasteiger partial charge in [0.05, 0.1) is 19.4 Å². The Balaban J connectivity index is 1.52. The van der Waals surface area contributed by atoms with Crippen molar-refractivity contribution in [2.45, 2.75) is 0 Å². The molecule has 2 heterocycles. The first-order valence-corrected chi connectivity index (χ1v) is 7.56. The minimum atomic E-state index is -0.317. The van der Waals surface area contributed by atoms with Crippen molar-refractivity contribution in [2.24, 2.45) is 0 Å². The standard InChI is InChI=1S/C15H19FN6O/c16-12-2-1-3-13(10-12)19-15-20-14(11-18-21-15)17-4-5-22-6-8-23-9-7-22/h1-3,10-11H,4-9H2,(H2,17,19,20,21). The Kier molecular flexibility index (Phi) is 5.28. The number of hydrogen-bond acceptors (Lipinski definition) is 7. The molecule has 7 nitrogen and oxygen atoms in total. The molecule has 0 atom stereocenters. The SMILES string of the molecule is Fc1cccc(Nc2nncc(NCCN3CCOCC3)n2)c1. The number of hydrogen-bond donors (Lipinski definition) is 2. The van der Waals surface area contributed by atoms with E-state index in [1.165, 1.54) is 12.1 Å². The summed E-state index contributed by atoms with van der Waals surface area (Å²) >= 11 is 0. The summed E-state index contributed by atoms with van der Waals surface area (Å²) in [6.45, 7) is 5.16. The summed E-state index contributed by atoms with van der Waals surface area (Å²) in [4.78, 5) is 6.65. The molecule has 0 radical (unpaired) electrons. The van der Waals surface area contributed by atoms with Gasteiger partial charge < -0.3 is 15.4 Å². The van der Waals surface area contributed by atoms with E-state index in [0.717, 1.165) is 39.4 Å². The molecular weight excluding hydrogens is 299 g/mol. The molecule has 0 spiro atoms. The first-order valence-electron chi connectivity index (χ1n) is 7.56. The quantitative estimate of drug-likeness (QED) is 0.836. The van der Waals surface area contributed by atoms with Gasteiger partial charge in [-0.2, -0.15) is 10.1 Å². The predicted molar refractivity (Wildman–Crippen MR) is 85.3 cm³/mol. The minimum absolute atomic E-state index is 0.317. The van der Waals surface area contributed by atoms with Crippen LogP contribution in [0.4, 0.5) is 21.8 Å². The fraction of sp³-hybridized carbons (Fsp3) is 0.400. The number of halogens is 1. The van der Waals surface area contributed by atoms with E-state index in [1.807, 2.05) is 0 Å². The zero-order valence-corrected chi connectivity index (χ0v) is 12.7. The number of nitrogens with one attached hydrogen (secondary N) is 2. The van der Waals surface area contributed by atoms with Crippen molar-refractivity contribution in [1.29, 1.82) is 0 Å². The third-order valence-corrected chi connectivity index (χ3v) is 3.48. The molecule has 2 aromatic rings. The fourth-order valence-electron chi connectivity index (χ4n) is 2.30. The molecule has 23 heavy (non-hydrogen) atoms. The van der Waals surface area contributed by atoms with Crippen molar-refractivity contribution in [3.8, 4) is 0 Å². The molecule has 1 fully saturated rings. The Bertz CT molecular complexity index is 635. The minimum Gasteiger partial charge on any atom is -0.379 e. The summed E-state index contributed by atoms with van der Waals surface area (Å²) in [5, 5.41) is 14.0. The summed E-state index contributed by atoms with van der Waals surface area (Å²) in [6, 6.07) is 6.12. The lowest BCUT2D eigenvalue weighted by Crippen LogP contribution is -2.39. The van der Waals surface area contributed by atoms with Crippen molar-refractivity contribution in [2.75, 3.05) is 50.0 Å². The maximum absolute atomic E-state index is 13.2. The van der Waals surface area contributed by atoms with Gasteiger partial charge in [0, 0.05) is 31.9 Å². The van der Waals surface area contributed by atoms with Crippen LogP contribution in [0.2, 0.25) is 0 Å². The Hall–Kier alpha value is -2.32. The maximum Gasteiger partial charge on any atom is 0.249 e. The number of rotatable bonds is 6. The third kappa shape index (κ3) is 4.83. The monoisotopic (exact) mass is 318 g/mol. The second-order valence-corrected chi connectivity index (χ2v) is 5.18. The van der Waals surface area contributed by atoms with Crippen molar-refractivity contribution < 1.29 is 9.13 Å². The second kappa shape index (κ2) is 7.80. The molecule has 0 bridgehead atoms. The van der Waals surface area contributed by atoms with Crippen LogP contribution in [0, 0.1) is 5.82 Å². The molecule has 1 aliphatic rings. The Labute approximate surface area is 133 Å². The molecule has 0 unspecified atom stereocenters. The zero-order valence-electron chi connectivity index (χ0n) is 12.7. The van der Waals surface area contributed by atoms with Crippen molar-refractivity contribution >= 4 is 17.5 Å². The van der Waals surface area contributed by atoms with E-state index in [2.05, 4.69) is 30.7 Å². The van der Waals surface area contributed by atoms with Gasteiger partial charge in [-0.05, 0) is 18.2 Å². The van der Waals surface area contributed by atoms with Gasteiger partial charge in [0.25, 0.3) is 0 Å². The molecule has 3 rings (SSSR count). The van der Waals surface area contributed by atoms with Gasteiger partial charge in [0.15, 0.2) is 5.82 Å². The largest absolute Gasteiger partial charge is 0.379 e. The van der Waals surface area contributed by atoms with Crippen LogP contribution in [0.5, 0.6) is 0 Å². The van der Waals surface area contributed by atoms with Crippen LogP contribution in [0.3, 0.4) is 0 Å². The maximum atomic E-state index is 13.2. The molecule has 1 aromatic carbocycles. The normalized spacial score (nSPS) is 15.3. The Morgan fingerprint density at radius 1 is 1.26 bits per heavy atom. The average Bonchev–Trinajstić information content (AvgIpc) is 2.56. The van der Waals surface area contributed by atoms with Crippen molar-refractivity contribution in [1.82, 2.24) is 20.1 Å². The molecule has 2 N–H and O–H groups in total. The van der Waals surface area contributed by atoms with E-state index in [9.17, 15) is 4.39 Å². The summed E-state index contributed by atoms with van der Waals surface area (Å²) in [6.07, 6.45) is 1.57. The zero-order chi connectivity index (χ0) is 15.9. The highest BCUT2D eigenvalue weighted by atomic mass is 19.1. The van der Waals surface area contributed by atoms with Gasteiger partial charge in [-0.1, -0.05) is 6.07 Å². The van der Waals surface area contributed by atoms with Crippen LogP contribution in [0.1, 0.15) is 0 Å². The third-order valence-electron chi connectivity index (χ3n) is 3.48. The second-order valence-electron chi connectivity index (χ2n) is 5.18. The van der Waals surface area contributed by atoms with Crippen LogP contribution >= 0.6 is 0 Å². The molecule has 0 aliphatic carbocycles. The van der Waals surface area contributed by atoms with Crippen LogP contribution in [-0.4, -0.2) is 59.5 Å². The smallest absolute Gasteiger partial charge is 0.249 e. The van der Waals surface area contributed by atoms with E-state index < -0.39 is 0 Å². The lowest BCUT2D eigenvalue weighted by molar-refractivity contribution is 0.0398. The fourth-order valence-corrected chi connectivity index (χ4v) is 2.30. The van der Waals surface area contributed by atoms with Gasteiger partial charge in [-0.3, -0.25) is 4.90 Å². The predicted octanol–water partition coefficient (Wildman–Crippen LogP) is 1.50. The van der Waals surface area contributed by atoms with Gasteiger partial charge in [-0.25, -0.2) is 4.39 Å². The van der Waals surface area contributed by atoms with Gasteiger partial charge >= 0.3 is 0 Å². The lowest BCUT2D eigenvalue weighted by atomic mass is 10.3. The molecule has 1 aliphatic heterocycles. The van der Waals surface area contributed by atoms with Crippen molar-refractivity contribution in [3.05, 3.63) is 36.3 Å². The molecule has 1 saturated heterocycles. The number of benzene rings is 1. The average molecular weight is 318 g/mol. The van der Waals surface area contributed by atoms with Gasteiger partial charge in [0.2, 0.25) is 5.95 Å². The molecule has 1 aromatic heterocycles. The molecule has 0 amide bonds. The summed E-state index contributed by atoms with van der Waals surface area (Å²) in [5.41, 5.74) is 0.581.